The number of nitrogens with two attached hydrogens (primary N) is 1. The van der Waals surface area contributed by atoms with Crippen molar-refractivity contribution in [1.29, 1.82) is 0 Å². The Morgan fingerprint density at radius 2 is 1.72 bits per heavy atom. The summed E-state index contributed by atoms with van der Waals surface area (Å²) in [5.41, 5.74) is 6.62. The van der Waals surface area contributed by atoms with Gasteiger partial charge in [-0.25, -0.2) is 8.78 Å². The van der Waals surface area contributed by atoms with Crippen LogP contribution in [-0.4, -0.2) is 33.6 Å². The zero-order chi connectivity index (χ0) is 28.1. The molecule has 0 aliphatic heterocycles. The molecule has 2 aromatic carbocycles. The highest BCUT2D eigenvalue weighted by molar-refractivity contribution is 6.11. The van der Waals surface area contributed by atoms with Crippen LogP contribution in [0.15, 0.2) is 59.4 Å². The van der Waals surface area contributed by atoms with Gasteiger partial charge in [-0.2, -0.15) is 0 Å². The van der Waals surface area contributed by atoms with Gasteiger partial charge in [0.25, 0.3) is 5.56 Å². The fourth-order valence-corrected chi connectivity index (χ4v) is 4.98. The Morgan fingerprint density at radius 1 is 1.05 bits per heavy atom. The number of benzene rings is 2. The number of anilines is 1. The summed E-state index contributed by atoms with van der Waals surface area (Å²) in [4.78, 5) is 38.1. The number of hydrogen-bond donors (Lipinski definition) is 2. The lowest BCUT2D eigenvalue weighted by atomic mass is 9.95. The number of carbonyl (C=O) groups excluding carboxylic acids is 2. The van der Waals surface area contributed by atoms with Gasteiger partial charge in [0.05, 0.1) is 28.8 Å². The predicted molar refractivity (Wildman–Crippen MR) is 143 cm³/mol. The number of ether oxygens (including phenoxy) is 1. The first-order valence-electron chi connectivity index (χ1n) is 13.1. The molecule has 9 heteroatoms. The number of ketones is 1. The second-order valence-electron chi connectivity index (χ2n) is 10.0. The summed E-state index contributed by atoms with van der Waals surface area (Å²) in [6, 6.07) is 12.0. The largest absolute Gasteiger partial charge is 0.462 e. The zero-order valence-electron chi connectivity index (χ0n) is 21.7. The molecule has 0 radical (unpaired) electrons. The van der Waals surface area contributed by atoms with E-state index in [9.17, 15) is 28.3 Å². The van der Waals surface area contributed by atoms with Crippen LogP contribution in [0.1, 0.15) is 66.9 Å². The molecule has 3 N–H and O–H groups in total. The third kappa shape index (κ3) is 6.60. The fraction of sp³-hybridized carbons (Fsp3) is 0.367. The van der Waals surface area contributed by atoms with E-state index in [0.29, 0.717) is 31.0 Å². The van der Waals surface area contributed by atoms with Crippen molar-refractivity contribution in [1.82, 2.24) is 4.57 Å². The van der Waals surface area contributed by atoms with E-state index in [1.165, 1.54) is 12.1 Å². The molecule has 39 heavy (non-hydrogen) atoms. The van der Waals surface area contributed by atoms with Crippen LogP contribution in [0, 0.1) is 17.6 Å². The lowest BCUT2D eigenvalue weighted by molar-refractivity contribution is -0.157. The highest BCUT2D eigenvalue weighted by Gasteiger charge is 2.28. The van der Waals surface area contributed by atoms with Crippen LogP contribution in [0.4, 0.5) is 14.6 Å². The van der Waals surface area contributed by atoms with Gasteiger partial charge in [0.2, 0.25) is 0 Å². The summed E-state index contributed by atoms with van der Waals surface area (Å²) in [6.07, 6.45) is 4.74. The average Bonchev–Trinajstić information content (AvgIpc) is 3.40. The highest BCUT2D eigenvalue weighted by atomic mass is 19.1. The van der Waals surface area contributed by atoms with Crippen molar-refractivity contribution in [3.63, 3.8) is 0 Å². The number of nitrogen functional groups attached to an aromatic ring is 1. The minimum Gasteiger partial charge on any atom is -0.462 e. The molecule has 1 saturated carbocycles. The minimum absolute atomic E-state index is 0.0503. The maximum absolute atomic E-state index is 14.2. The number of aromatic nitrogens is 1. The number of carbonyl (C=O) groups is 2. The van der Waals surface area contributed by atoms with Gasteiger partial charge in [0.1, 0.15) is 23.6 Å². The van der Waals surface area contributed by atoms with E-state index in [1.54, 1.807) is 19.1 Å². The van der Waals surface area contributed by atoms with Crippen molar-refractivity contribution in [3.8, 4) is 5.69 Å². The van der Waals surface area contributed by atoms with Gasteiger partial charge in [-0.05, 0) is 87.8 Å². The number of nitrogens with zero attached hydrogens (tertiary/aromatic N) is 1. The molecule has 0 saturated heterocycles. The molecule has 0 bridgehead atoms. The smallest absolute Gasteiger partial charge is 0.311 e. The predicted octanol–water partition coefficient (Wildman–Crippen LogP) is 4.73. The standard InChI is InChI=1S/C30H32F2N2O5/c1-18(35)23(30(38)39-22-6-2-3-7-22)8-4-5-19-9-12-21(13-10-19)34-27(36)16-15-25(29(34)33)28(37)24-14-11-20(31)17-26(24)32/h9-18,22-23,35H,2-8,33H2,1H3/t18-,23?/m1/s1. The lowest BCUT2D eigenvalue weighted by Crippen LogP contribution is -2.30. The third-order valence-corrected chi connectivity index (χ3v) is 7.20. The van der Waals surface area contributed by atoms with E-state index >= 15 is 0 Å². The summed E-state index contributed by atoms with van der Waals surface area (Å²) in [5, 5.41) is 10.1. The van der Waals surface area contributed by atoms with Gasteiger partial charge in [-0.3, -0.25) is 19.0 Å². The second kappa shape index (κ2) is 12.3. The van der Waals surface area contributed by atoms with Crippen molar-refractivity contribution in [3.05, 3.63) is 93.3 Å². The van der Waals surface area contributed by atoms with E-state index in [0.717, 1.165) is 47.9 Å². The Kier molecular flexibility index (Phi) is 8.91. The molecular weight excluding hydrogens is 506 g/mol. The molecule has 1 aliphatic carbocycles. The maximum Gasteiger partial charge on any atom is 0.311 e. The number of pyridine rings is 1. The first-order valence-corrected chi connectivity index (χ1v) is 13.1. The molecule has 3 aromatic rings. The molecular formula is C30H32F2N2O5. The fourth-order valence-electron chi connectivity index (χ4n) is 4.98. The topological polar surface area (TPSA) is 112 Å². The minimum atomic E-state index is -1.02. The molecule has 1 aromatic heterocycles. The van der Waals surface area contributed by atoms with Crippen molar-refractivity contribution in [2.24, 2.45) is 5.92 Å². The Balaban J connectivity index is 1.45. The Bertz CT molecular complexity index is 1400. The maximum atomic E-state index is 14.2. The molecule has 1 heterocycles. The molecule has 1 aliphatic rings. The van der Waals surface area contributed by atoms with Gasteiger partial charge in [0.15, 0.2) is 5.78 Å². The third-order valence-electron chi connectivity index (χ3n) is 7.20. The van der Waals surface area contributed by atoms with E-state index in [1.807, 2.05) is 12.1 Å². The van der Waals surface area contributed by atoms with Crippen LogP contribution in [0.5, 0.6) is 0 Å². The molecule has 1 unspecified atom stereocenters. The van der Waals surface area contributed by atoms with Crippen molar-refractivity contribution in [2.45, 2.75) is 64.1 Å². The quantitative estimate of drug-likeness (QED) is 0.285. The molecule has 2 atom stereocenters. The van der Waals surface area contributed by atoms with E-state index in [4.69, 9.17) is 10.5 Å². The first kappa shape index (κ1) is 28.2. The first-order chi connectivity index (χ1) is 18.7. The number of rotatable bonds is 10. The van der Waals surface area contributed by atoms with E-state index in [2.05, 4.69) is 0 Å². The Morgan fingerprint density at radius 3 is 2.36 bits per heavy atom. The number of aryl methyl sites for hydroxylation is 1. The summed E-state index contributed by atoms with van der Waals surface area (Å²) >= 11 is 0. The highest BCUT2D eigenvalue weighted by Crippen LogP contribution is 2.25. The van der Waals surface area contributed by atoms with Crippen LogP contribution >= 0.6 is 0 Å². The van der Waals surface area contributed by atoms with Gasteiger partial charge < -0.3 is 15.6 Å². The summed E-state index contributed by atoms with van der Waals surface area (Å²) in [5.74, 6) is -3.70. The van der Waals surface area contributed by atoms with E-state index < -0.39 is 35.0 Å². The number of aliphatic hydroxyl groups is 1. The number of esters is 1. The van der Waals surface area contributed by atoms with Crippen molar-refractivity contribution < 1.29 is 28.2 Å². The molecule has 0 amide bonds. The SMILES string of the molecule is C[C@@H](O)C(CCCc1ccc(-n2c(N)c(C(=O)c3ccc(F)cc3F)ccc2=O)cc1)C(=O)OC1CCCC1. The van der Waals surface area contributed by atoms with E-state index in [-0.39, 0.29) is 29.0 Å². The van der Waals surface area contributed by atoms with Crippen LogP contribution in [-0.2, 0) is 16.0 Å². The van der Waals surface area contributed by atoms with Gasteiger partial charge >= 0.3 is 5.97 Å². The van der Waals surface area contributed by atoms with Crippen LogP contribution in [0.3, 0.4) is 0 Å². The Labute approximate surface area is 225 Å². The van der Waals surface area contributed by atoms with Crippen LogP contribution < -0.4 is 11.3 Å². The number of halogens is 2. The molecule has 7 nitrogen and oxygen atoms in total. The summed E-state index contributed by atoms with van der Waals surface area (Å²) < 4.78 is 34.2. The van der Waals surface area contributed by atoms with Crippen LogP contribution in [0.25, 0.3) is 5.69 Å². The molecule has 4 rings (SSSR count). The van der Waals surface area contributed by atoms with Gasteiger partial charge in [0, 0.05) is 12.1 Å². The van der Waals surface area contributed by atoms with Crippen molar-refractivity contribution >= 4 is 17.6 Å². The molecule has 1 fully saturated rings. The summed E-state index contributed by atoms with van der Waals surface area (Å²) in [6.45, 7) is 1.60. The van der Waals surface area contributed by atoms with Gasteiger partial charge in [-0.15, -0.1) is 0 Å². The van der Waals surface area contributed by atoms with Crippen LogP contribution in [0.2, 0.25) is 0 Å². The number of aliphatic hydroxyl groups excluding tert-OH is 1. The zero-order valence-corrected chi connectivity index (χ0v) is 21.7. The van der Waals surface area contributed by atoms with Crippen molar-refractivity contribution in [2.75, 3.05) is 5.73 Å². The normalized spacial score (nSPS) is 15.2. The molecule has 206 valence electrons. The number of hydrogen-bond acceptors (Lipinski definition) is 6. The lowest BCUT2D eigenvalue weighted by Gasteiger charge is -2.21. The molecule has 0 spiro atoms. The monoisotopic (exact) mass is 538 g/mol. The Hall–Kier alpha value is -3.85. The summed E-state index contributed by atoms with van der Waals surface area (Å²) in [7, 11) is 0. The van der Waals surface area contributed by atoms with Gasteiger partial charge in [-0.1, -0.05) is 12.1 Å². The second-order valence-corrected chi connectivity index (χ2v) is 10.0. The average molecular weight is 539 g/mol.